The van der Waals surface area contributed by atoms with E-state index in [4.69, 9.17) is 4.42 Å². The Kier molecular flexibility index (Phi) is 3.94. The van der Waals surface area contributed by atoms with E-state index in [1.54, 1.807) is 13.0 Å². The summed E-state index contributed by atoms with van der Waals surface area (Å²) in [7, 11) is 0. The Labute approximate surface area is 132 Å². The Morgan fingerprint density at radius 2 is 2.00 bits per heavy atom. The third kappa shape index (κ3) is 2.61. The van der Waals surface area contributed by atoms with E-state index in [-0.39, 0.29) is 5.43 Å². The fourth-order valence-electron chi connectivity index (χ4n) is 2.57. The second-order valence-electron chi connectivity index (χ2n) is 5.12. The van der Waals surface area contributed by atoms with Gasteiger partial charge >= 0.3 is 0 Å². The van der Waals surface area contributed by atoms with Crippen molar-refractivity contribution in [3.8, 4) is 0 Å². The zero-order valence-corrected chi connectivity index (χ0v) is 12.7. The maximum absolute atomic E-state index is 13.6. The van der Waals surface area contributed by atoms with Gasteiger partial charge in [-0.1, -0.05) is 49.1 Å². The molecule has 2 aromatic carbocycles. The summed E-state index contributed by atoms with van der Waals surface area (Å²) in [4.78, 5) is 12.9. The number of halogens is 1. The maximum atomic E-state index is 13.6. The standard InChI is InChI=1S/C20H15FO2/c1-3-13(11-15(21)4-2)17-12-23-18-10-9-14-7-5-6-8-16(14)19(18)20(17)22/h3-12H,1H2,2H3/b13-11+,15-4+. The molecule has 0 amide bonds. The lowest BCUT2D eigenvalue weighted by Gasteiger charge is -2.06. The minimum atomic E-state index is -0.433. The highest BCUT2D eigenvalue weighted by atomic mass is 19.1. The molecule has 0 N–H and O–H groups in total. The van der Waals surface area contributed by atoms with Gasteiger partial charge in [-0.15, -0.1) is 0 Å². The van der Waals surface area contributed by atoms with Crippen LogP contribution in [0.3, 0.4) is 0 Å². The van der Waals surface area contributed by atoms with Crippen molar-refractivity contribution in [1.29, 1.82) is 0 Å². The van der Waals surface area contributed by atoms with E-state index in [0.717, 1.165) is 10.8 Å². The maximum Gasteiger partial charge on any atom is 0.201 e. The zero-order valence-electron chi connectivity index (χ0n) is 12.7. The number of hydrogen-bond acceptors (Lipinski definition) is 2. The van der Waals surface area contributed by atoms with Gasteiger partial charge in [0.2, 0.25) is 5.43 Å². The van der Waals surface area contributed by atoms with Crippen LogP contribution in [0.4, 0.5) is 4.39 Å². The Morgan fingerprint density at radius 3 is 2.74 bits per heavy atom. The number of benzene rings is 2. The molecule has 23 heavy (non-hydrogen) atoms. The van der Waals surface area contributed by atoms with E-state index in [9.17, 15) is 9.18 Å². The largest absolute Gasteiger partial charge is 0.463 e. The van der Waals surface area contributed by atoms with Crippen LogP contribution >= 0.6 is 0 Å². The van der Waals surface area contributed by atoms with Gasteiger partial charge in [-0.05, 0) is 35.4 Å². The molecule has 3 heteroatoms. The molecular weight excluding hydrogens is 291 g/mol. The van der Waals surface area contributed by atoms with Crippen molar-refractivity contribution < 1.29 is 8.81 Å². The van der Waals surface area contributed by atoms with Crippen molar-refractivity contribution in [3.05, 3.63) is 89.1 Å². The monoisotopic (exact) mass is 306 g/mol. The summed E-state index contributed by atoms with van der Waals surface area (Å²) in [5.74, 6) is -0.433. The predicted molar refractivity (Wildman–Crippen MR) is 93.0 cm³/mol. The molecule has 2 nitrogen and oxygen atoms in total. The number of fused-ring (bicyclic) bond motifs is 3. The van der Waals surface area contributed by atoms with Crippen LogP contribution in [-0.2, 0) is 0 Å². The Balaban J connectivity index is 2.39. The Morgan fingerprint density at radius 1 is 1.22 bits per heavy atom. The van der Waals surface area contributed by atoms with E-state index in [2.05, 4.69) is 6.58 Å². The van der Waals surface area contributed by atoms with Gasteiger partial charge in [-0.3, -0.25) is 4.79 Å². The van der Waals surface area contributed by atoms with Crippen LogP contribution in [-0.4, -0.2) is 0 Å². The molecule has 114 valence electrons. The quantitative estimate of drug-likeness (QED) is 0.480. The SMILES string of the molecule is C=C/C(=C\C(F)=C/C)c1coc2ccc3ccccc3c2c1=O. The molecule has 0 fully saturated rings. The third-order valence-corrected chi connectivity index (χ3v) is 3.77. The molecule has 0 aliphatic heterocycles. The fraction of sp³-hybridized carbons (Fsp3) is 0.0500. The third-order valence-electron chi connectivity index (χ3n) is 3.77. The van der Waals surface area contributed by atoms with Crippen molar-refractivity contribution in [2.45, 2.75) is 6.92 Å². The molecule has 0 aliphatic carbocycles. The first-order valence-electron chi connectivity index (χ1n) is 7.25. The molecule has 1 heterocycles. The van der Waals surface area contributed by atoms with Crippen molar-refractivity contribution in [2.24, 2.45) is 0 Å². The second-order valence-corrected chi connectivity index (χ2v) is 5.12. The number of rotatable bonds is 3. The highest BCUT2D eigenvalue weighted by molar-refractivity contribution is 6.06. The summed E-state index contributed by atoms with van der Waals surface area (Å²) in [5.41, 5.74) is 0.996. The highest BCUT2D eigenvalue weighted by Gasteiger charge is 2.12. The normalized spacial score (nSPS) is 12.8. The Hall–Kier alpha value is -2.94. The second kappa shape index (κ2) is 6.05. The Bertz CT molecular complexity index is 1020. The topological polar surface area (TPSA) is 30.2 Å². The van der Waals surface area contributed by atoms with E-state index >= 15 is 0 Å². The number of hydrogen-bond donors (Lipinski definition) is 0. The predicted octanol–water partition coefficient (Wildman–Crippen LogP) is 5.39. The van der Waals surface area contributed by atoms with Crippen LogP contribution in [0, 0.1) is 0 Å². The minimum absolute atomic E-state index is 0.196. The van der Waals surface area contributed by atoms with E-state index in [1.807, 2.05) is 30.3 Å². The van der Waals surface area contributed by atoms with E-state index in [0.29, 0.717) is 22.1 Å². The van der Waals surface area contributed by atoms with Crippen LogP contribution in [0.5, 0.6) is 0 Å². The summed E-state index contributed by atoms with van der Waals surface area (Å²) in [6.07, 6.45) is 5.40. The van der Waals surface area contributed by atoms with Crippen LogP contribution < -0.4 is 5.43 Å². The zero-order chi connectivity index (χ0) is 16.4. The summed E-state index contributed by atoms with van der Waals surface area (Å²) < 4.78 is 19.2. The minimum Gasteiger partial charge on any atom is -0.463 e. The molecular formula is C20H15FO2. The van der Waals surface area contributed by atoms with Crippen molar-refractivity contribution in [2.75, 3.05) is 0 Å². The first-order chi connectivity index (χ1) is 11.2. The van der Waals surface area contributed by atoms with E-state index < -0.39 is 5.83 Å². The summed E-state index contributed by atoms with van der Waals surface area (Å²) in [6, 6.07) is 11.3. The first-order valence-corrected chi connectivity index (χ1v) is 7.25. The molecule has 0 saturated heterocycles. The van der Waals surface area contributed by atoms with Gasteiger partial charge in [0.15, 0.2) is 0 Å². The van der Waals surface area contributed by atoms with Gasteiger partial charge in [0.1, 0.15) is 17.7 Å². The van der Waals surface area contributed by atoms with Crippen LogP contribution in [0.15, 0.2) is 82.5 Å². The first kappa shape index (κ1) is 15.0. The smallest absolute Gasteiger partial charge is 0.201 e. The van der Waals surface area contributed by atoms with Gasteiger partial charge in [0, 0.05) is 0 Å². The lowest BCUT2D eigenvalue weighted by atomic mass is 10.0. The van der Waals surface area contributed by atoms with E-state index in [1.165, 1.54) is 24.5 Å². The van der Waals surface area contributed by atoms with Crippen molar-refractivity contribution in [3.63, 3.8) is 0 Å². The molecule has 0 spiro atoms. The van der Waals surface area contributed by atoms with Gasteiger partial charge in [0.25, 0.3) is 0 Å². The molecule has 0 atom stereocenters. The molecule has 0 radical (unpaired) electrons. The highest BCUT2D eigenvalue weighted by Crippen LogP contribution is 2.25. The fourth-order valence-corrected chi connectivity index (χ4v) is 2.57. The van der Waals surface area contributed by atoms with Crippen molar-refractivity contribution >= 4 is 27.3 Å². The number of allylic oxidation sites excluding steroid dienone is 5. The summed E-state index contributed by atoms with van der Waals surface area (Å²) in [5, 5.41) is 2.26. The van der Waals surface area contributed by atoms with Gasteiger partial charge in [-0.2, -0.15) is 0 Å². The molecule has 0 aliphatic rings. The average Bonchev–Trinajstić information content (AvgIpc) is 2.59. The average molecular weight is 306 g/mol. The molecule has 0 unspecified atom stereocenters. The van der Waals surface area contributed by atoms with Crippen LogP contribution in [0.2, 0.25) is 0 Å². The van der Waals surface area contributed by atoms with Gasteiger partial charge in [-0.25, -0.2) is 4.39 Å². The lowest BCUT2D eigenvalue weighted by molar-refractivity contribution is 0.601. The summed E-state index contributed by atoms with van der Waals surface area (Å²) in [6.45, 7) is 5.25. The molecule has 0 bridgehead atoms. The molecule has 3 aromatic rings. The summed E-state index contributed by atoms with van der Waals surface area (Å²) >= 11 is 0. The van der Waals surface area contributed by atoms with Crippen LogP contribution in [0.1, 0.15) is 12.5 Å². The molecule has 1 aromatic heterocycles. The lowest BCUT2D eigenvalue weighted by Crippen LogP contribution is -2.08. The van der Waals surface area contributed by atoms with Gasteiger partial charge in [0.05, 0.1) is 10.9 Å². The van der Waals surface area contributed by atoms with Gasteiger partial charge < -0.3 is 4.42 Å². The van der Waals surface area contributed by atoms with Crippen molar-refractivity contribution in [1.82, 2.24) is 0 Å². The molecule has 0 saturated carbocycles. The van der Waals surface area contributed by atoms with Crippen LogP contribution in [0.25, 0.3) is 27.3 Å². The molecule has 3 rings (SSSR count).